The summed E-state index contributed by atoms with van der Waals surface area (Å²) in [6.07, 6.45) is 7.48. The van der Waals surface area contributed by atoms with Gasteiger partial charge in [0.1, 0.15) is 5.82 Å². The van der Waals surface area contributed by atoms with Gasteiger partial charge in [-0.1, -0.05) is 17.7 Å². The number of benzene rings is 1. The predicted molar refractivity (Wildman–Crippen MR) is 72.8 cm³/mol. The number of rotatable bonds is 5. The molecule has 5 heteroatoms. The topological polar surface area (TPSA) is 46.2 Å². The third-order valence-corrected chi connectivity index (χ3v) is 4.69. The summed E-state index contributed by atoms with van der Waals surface area (Å²) in [5, 5.41) is 0. The van der Waals surface area contributed by atoms with Crippen LogP contribution in [0.4, 0.5) is 4.39 Å². The largest absolute Gasteiger partial charge is 0.240 e. The van der Waals surface area contributed by atoms with Crippen LogP contribution in [0, 0.1) is 5.82 Å². The van der Waals surface area contributed by atoms with E-state index in [1.807, 2.05) is 0 Å². The van der Waals surface area contributed by atoms with E-state index in [0.29, 0.717) is 6.54 Å². The first-order chi connectivity index (χ1) is 9.08. The number of hydrogen-bond acceptors (Lipinski definition) is 2. The van der Waals surface area contributed by atoms with Crippen LogP contribution in [0.3, 0.4) is 0 Å². The molecule has 0 aliphatic heterocycles. The summed E-state index contributed by atoms with van der Waals surface area (Å²) in [6, 6.07) is 5.05. The minimum absolute atomic E-state index is 0.0230. The van der Waals surface area contributed by atoms with Gasteiger partial charge < -0.3 is 0 Å². The van der Waals surface area contributed by atoms with Gasteiger partial charge in [-0.05, 0) is 50.3 Å². The molecule has 0 radical (unpaired) electrons. The first-order valence-electron chi connectivity index (χ1n) is 6.51. The van der Waals surface area contributed by atoms with Gasteiger partial charge in [0.05, 0.1) is 4.90 Å². The summed E-state index contributed by atoms with van der Waals surface area (Å²) in [5.41, 5.74) is 1.31. The van der Waals surface area contributed by atoms with Crippen LogP contribution in [0.1, 0.15) is 32.1 Å². The molecule has 0 heterocycles. The average molecular weight is 283 g/mol. The van der Waals surface area contributed by atoms with E-state index in [-0.39, 0.29) is 4.90 Å². The van der Waals surface area contributed by atoms with Gasteiger partial charge in [0.2, 0.25) is 10.0 Å². The number of halogens is 1. The highest BCUT2D eigenvalue weighted by atomic mass is 32.2. The summed E-state index contributed by atoms with van der Waals surface area (Å²) >= 11 is 0. The Morgan fingerprint density at radius 2 is 2.11 bits per heavy atom. The third-order valence-electron chi connectivity index (χ3n) is 3.23. The minimum Gasteiger partial charge on any atom is -0.211 e. The Bertz CT molecular complexity index is 567. The lowest BCUT2D eigenvalue weighted by Crippen LogP contribution is -2.25. The summed E-state index contributed by atoms with van der Waals surface area (Å²) in [5.74, 6) is -0.544. The number of allylic oxidation sites excluding steroid dienone is 1. The van der Waals surface area contributed by atoms with Crippen LogP contribution in [-0.4, -0.2) is 15.0 Å². The third kappa shape index (κ3) is 4.14. The quantitative estimate of drug-likeness (QED) is 0.844. The standard InChI is InChI=1S/C14H18FNO2S/c15-13-7-4-8-14(11-13)19(17,18)16-10-9-12-5-2-1-3-6-12/h4-5,7-8,11,16H,1-3,6,9-10H2. The summed E-state index contributed by atoms with van der Waals surface area (Å²) in [6.45, 7) is 0.366. The van der Waals surface area contributed by atoms with Crippen molar-refractivity contribution in [3.8, 4) is 0 Å². The molecular weight excluding hydrogens is 265 g/mol. The number of hydrogen-bond donors (Lipinski definition) is 1. The number of nitrogens with one attached hydrogen (secondary N) is 1. The SMILES string of the molecule is O=S(=O)(NCCC1=CCCCC1)c1cccc(F)c1. The van der Waals surface area contributed by atoms with Crippen molar-refractivity contribution in [2.75, 3.05) is 6.54 Å². The molecule has 0 bridgehead atoms. The molecule has 0 saturated carbocycles. The highest BCUT2D eigenvalue weighted by Gasteiger charge is 2.14. The van der Waals surface area contributed by atoms with Crippen LogP contribution in [0.25, 0.3) is 0 Å². The smallest absolute Gasteiger partial charge is 0.211 e. The van der Waals surface area contributed by atoms with Gasteiger partial charge in [-0.25, -0.2) is 17.5 Å². The molecule has 104 valence electrons. The zero-order valence-corrected chi connectivity index (χ0v) is 11.5. The lowest BCUT2D eigenvalue weighted by molar-refractivity contribution is 0.575. The van der Waals surface area contributed by atoms with Crippen LogP contribution < -0.4 is 4.72 Å². The minimum atomic E-state index is -3.60. The van der Waals surface area contributed by atoms with Crippen molar-refractivity contribution in [2.45, 2.75) is 37.0 Å². The molecule has 1 aliphatic carbocycles. The molecule has 0 amide bonds. The molecule has 0 fully saturated rings. The maximum atomic E-state index is 13.0. The van der Waals surface area contributed by atoms with Crippen LogP contribution >= 0.6 is 0 Å². The van der Waals surface area contributed by atoms with Crippen molar-refractivity contribution in [1.29, 1.82) is 0 Å². The van der Waals surface area contributed by atoms with E-state index < -0.39 is 15.8 Å². The van der Waals surface area contributed by atoms with Gasteiger partial charge >= 0.3 is 0 Å². The molecular formula is C14H18FNO2S. The molecule has 1 aromatic rings. The molecule has 1 aliphatic rings. The predicted octanol–water partition coefficient (Wildman–Crippen LogP) is 2.99. The van der Waals surface area contributed by atoms with Gasteiger partial charge in [0.25, 0.3) is 0 Å². The molecule has 3 nitrogen and oxygen atoms in total. The monoisotopic (exact) mass is 283 g/mol. The van der Waals surface area contributed by atoms with Gasteiger partial charge in [-0.3, -0.25) is 0 Å². The second-order valence-electron chi connectivity index (χ2n) is 4.71. The average Bonchev–Trinajstić information content (AvgIpc) is 2.40. The lowest BCUT2D eigenvalue weighted by atomic mass is 9.97. The highest BCUT2D eigenvalue weighted by Crippen LogP contribution is 2.19. The van der Waals surface area contributed by atoms with Gasteiger partial charge in [-0.2, -0.15) is 0 Å². The normalized spacial score (nSPS) is 16.2. The first kappa shape index (κ1) is 14.2. The summed E-state index contributed by atoms with van der Waals surface area (Å²) < 4.78 is 39.4. The van der Waals surface area contributed by atoms with Crippen molar-refractivity contribution in [1.82, 2.24) is 4.72 Å². The molecule has 0 spiro atoms. The van der Waals surface area contributed by atoms with E-state index in [4.69, 9.17) is 0 Å². The second-order valence-corrected chi connectivity index (χ2v) is 6.48. The van der Waals surface area contributed by atoms with Crippen molar-refractivity contribution in [3.05, 3.63) is 41.7 Å². The van der Waals surface area contributed by atoms with E-state index in [2.05, 4.69) is 10.8 Å². The molecule has 1 N–H and O–H groups in total. The van der Waals surface area contributed by atoms with Crippen molar-refractivity contribution in [2.24, 2.45) is 0 Å². The van der Waals surface area contributed by atoms with E-state index in [1.165, 1.54) is 36.6 Å². The second kappa shape index (κ2) is 6.30. The fourth-order valence-corrected chi connectivity index (χ4v) is 3.26. The lowest BCUT2D eigenvalue weighted by Gasteiger charge is -2.13. The van der Waals surface area contributed by atoms with Gasteiger partial charge in [-0.15, -0.1) is 0 Å². The van der Waals surface area contributed by atoms with E-state index >= 15 is 0 Å². The van der Waals surface area contributed by atoms with Gasteiger partial charge in [0, 0.05) is 6.54 Å². The van der Waals surface area contributed by atoms with E-state index in [9.17, 15) is 12.8 Å². The molecule has 0 unspecified atom stereocenters. The molecule has 0 atom stereocenters. The Morgan fingerprint density at radius 1 is 1.26 bits per heavy atom. The van der Waals surface area contributed by atoms with E-state index in [0.717, 1.165) is 25.3 Å². The first-order valence-corrected chi connectivity index (χ1v) is 7.99. The Morgan fingerprint density at radius 3 is 2.79 bits per heavy atom. The number of sulfonamides is 1. The van der Waals surface area contributed by atoms with Crippen LogP contribution in [0.2, 0.25) is 0 Å². The van der Waals surface area contributed by atoms with Crippen molar-refractivity contribution >= 4 is 10.0 Å². The molecule has 19 heavy (non-hydrogen) atoms. The fourth-order valence-electron chi connectivity index (χ4n) is 2.20. The molecule has 1 aromatic carbocycles. The Kier molecular flexibility index (Phi) is 4.71. The highest BCUT2D eigenvalue weighted by molar-refractivity contribution is 7.89. The maximum Gasteiger partial charge on any atom is 0.240 e. The van der Waals surface area contributed by atoms with Crippen LogP contribution in [0.5, 0.6) is 0 Å². The fraction of sp³-hybridized carbons (Fsp3) is 0.429. The Labute approximate surface area is 113 Å². The molecule has 2 rings (SSSR count). The zero-order valence-electron chi connectivity index (χ0n) is 10.7. The van der Waals surface area contributed by atoms with Crippen molar-refractivity contribution in [3.63, 3.8) is 0 Å². The Balaban J connectivity index is 1.92. The van der Waals surface area contributed by atoms with Crippen molar-refractivity contribution < 1.29 is 12.8 Å². The van der Waals surface area contributed by atoms with E-state index in [1.54, 1.807) is 0 Å². The molecule has 0 saturated heterocycles. The summed E-state index contributed by atoms with van der Waals surface area (Å²) in [4.78, 5) is -0.0230. The van der Waals surface area contributed by atoms with Crippen LogP contribution in [-0.2, 0) is 10.0 Å². The van der Waals surface area contributed by atoms with Gasteiger partial charge in [0.15, 0.2) is 0 Å². The van der Waals surface area contributed by atoms with Crippen LogP contribution in [0.15, 0.2) is 40.8 Å². The Hall–Kier alpha value is -1.20. The molecule has 0 aromatic heterocycles. The zero-order chi connectivity index (χ0) is 13.7. The summed E-state index contributed by atoms with van der Waals surface area (Å²) in [7, 11) is -3.60. The maximum absolute atomic E-state index is 13.0.